The van der Waals surface area contributed by atoms with Gasteiger partial charge in [-0.3, -0.25) is 28.8 Å². The Balaban J connectivity index is 1.13. The molecule has 3 aromatic heterocycles. The molecule has 9 nitrogen and oxygen atoms in total. The van der Waals surface area contributed by atoms with Gasteiger partial charge in [0.2, 0.25) is 23.6 Å². The van der Waals surface area contributed by atoms with Gasteiger partial charge < -0.3 is 5.11 Å². The van der Waals surface area contributed by atoms with E-state index in [0.29, 0.717) is 28.5 Å². The molecule has 51 heavy (non-hydrogen) atoms. The van der Waals surface area contributed by atoms with Crippen LogP contribution in [0.3, 0.4) is 0 Å². The quantitative estimate of drug-likeness (QED) is 0.148. The Morgan fingerprint density at radius 1 is 1.00 bits per heavy atom. The Hall–Kier alpha value is -4.58. The van der Waals surface area contributed by atoms with Crippen LogP contribution in [0.2, 0.25) is 5.02 Å². The summed E-state index contributed by atoms with van der Waals surface area (Å²) in [5.74, 6) is -3.67. The summed E-state index contributed by atoms with van der Waals surface area (Å²) in [6, 6.07) is 18.2. The maximum atomic E-state index is 15.0. The molecule has 12 heteroatoms. The van der Waals surface area contributed by atoms with Gasteiger partial charge in [0, 0.05) is 33.6 Å². The summed E-state index contributed by atoms with van der Waals surface area (Å²) in [6.45, 7) is 4.08. The van der Waals surface area contributed by atoms with E-state index in [2.05, 4.69) is 0 Å². The molecule has 9 rings (SSSR count). The Kier molecular flexibility index (Phi) is 7.27. The highest BCUT2D eigenvalue weighted by Crippen LogP contribution is 2.64. The van der Waals surface area contributed by atoms with Crippen LogP contribution in [0.5, 0.6) is 5.75 Å². The van der Waals surface area contributed by atoms with Crippen molar-refractivity contribution in [2.45, 2.75) is 39.2 Å². The molecule has 2 aromatic carbocycles. The topological polar surface area (TPSA) is 113 Å². The molecule has 5 aromatic rings. The highest BCUT2D eigenvalue weighted by molar-refractivity contribution is 7.22. The van der Waals surface area contributed by atoms with E-state index in [0.717, 1.165) is 31.0 Å². The predicted octanol–water partition coefficient (Wildman–Crippen LogP) is 7.46. The van der Waals surface area contributed by atoms with Crippen molar-refractivity contribution in [3.05, 3.63) is 98.7 Å². The first-order chi connectivity index (χ1) is 24.5. The minimum absolute atomic E-state index is 0.0446. The second kappa shape index (κ2) is 11.5. The van der Waals surface area contributed by atoms with Crippen molar-refractivity contribution >= 4 is 73.8 Å². The highest BCUT2D eigenvalue weighted by atomic mass is 35.5. The maximum Gasteiger partial charge on any atom is 0.242 e. The number of phenols is 1. The van der Waals surface area contributed by atoms with E-state index in [1.165, 1.54) is 21.1 Å². The number of aromatic hydroxyl groups is 1. The second-order valence-electron chi connectivity index (χ2n) is 14.3. The number of anilines is 1. The summed E-state index contributed by atoms with van der Waals surface area (Å²) in [5, 5.41) is 19.0. The van der Waals surface area contributed by atoms with Gasteiger partial charge >= 0.3 is 0 Å². The molecule has 5 heterocycles. The predicted molar refractivity (Wildman–Crippen MR) is 196 cm³/mol. The number of aromatic nitrogens is 2. The molecule has 2 aliphatic carbocycles. The van der Waals surface area contributed by atoms with Gasteiger partial charge in [0.15, 0.2) is 0 Å². The number of thiophene rings is 2. The smallest absolute Gasteiger partial charge is 0.242 e. The van der Waals surface area contributed by atoms with Gasteiger partial charge in [0.05, 0.1) is 34.6 Å². The van der Waals surface area contributed by atoms with Crippen molar-refractivity contribution < 1.29 is 24.3 Å². The monoisotopic (exact) mass is 736 g/mol. The zero-order chi connectivity index (χ0) is 35.5. The van der Waals surface area contributed by atoms with Gasteiger partial charge in [-0.25, -0.2) is 4.90 Å². The van der Waals surface area contributed by atoms with Gasteiger partial charge in [0.25, 0.3) is 0 Å². The van der Waals surface area contributed by atoms with Crippen LogP contribution in [0.1, 0.15) is 41.7 Å². The third kappa shape index (κ3) is 4.60. The lowest BCUT2D eigenvalue weighted by Gasteiger charge is -2.49. The number of allylic oxidation sites excluding steroid dienone is 2. The van der Waals surface area contributed by atoms with E-state index in [9.17, 15) is 24.3 Å². The number of nitrogens with zero attached hydrogens (tertiary/aromatic N) is 4. The fourth-order valence-corrected chi connectivity index (χ4v) is 11.3. The first-order valence-corrected chi connectivity index (χ1v) is 19.0. The van der Waals surface area contributed by atoms with Crippen LogP contribution in [0.15, 0.2) is 77.7 Å². The van der Waals surface area contributed by atoms with Crippen molar-refractivity contribution in [1.29, 1.82) is 0 Å². The van der Waals surface area contributed by atoms with Gasteiger partial charge in [0.1, 0.15) is 17.3 Å². The summed E-state index contributed by atoms with van der Waals surface area (Å²) in [7, 11) is 1.73. The largest absolute Gasteiger partial charge is 0.508 e. The number of amides is 4. The van der Waals surface area contributed by atoms with Gasteiger partial charge in [-0.2, -0.15) is 5.10 Å². The zero-order valence-electron chi connectivity index (χ0n) is 28.0. The highest BCUT2D eigenvalue weighted by Gasteiger charge is 2.68. The number of hydrogen-bond acceptors (Lipinski definition) is 8. The molecule has 4 amide bonds. The van der Waals surface area contributed by atoms with E-state index in [-0.39, 0.29) is 42.3 Å². The number of carbonyl (C=O) groups is 4. The van der Waals surface area contributed by atoms with E-state index in [4.69, 9.17) is 16.7 Å². The number of phenolic OH excluding ortho intramolecular Hbond substituents is 1. The van der Waals surface area contributed by atoms with Gasteiger partial charge in [-0.1, -0.05) is 41.4 Å². The molecule has 258 valence electrons. The minimum Gasteiger partial charge on any atom is -0.508 e. The van der Waals surface area contributed by atoms with Crippen LogP contribution < -0.4 is 4.90 Å². The zero-order valence-corrected chi connectivity index (χ0v) is 30.4. The number of likely N-dealkylation sites (tertiary alicyclic amines) is 1. The van der Waals surface area contributed by atoms with E-state index >= 15 is 0 Å². The molecule has 0 radical (unpaired) electrons. The molecular formula is C39H33ClN4O5S2. The lowest BCUT2D eigenvalue weighted by Crippen LogP contribution is -2.48. The molecule has 6 atom stereocenters. The summed E-state index contributed by atoms with van der Waals surface area (Å²) in [5.41, 5.74) is 2.01. The summed E-state index contributed by atoms with van der Waals surface area (Å²) in [6.07, 6.45) is 2.66. The Labute approximate surface area is 306 Å². The first-order valence-electron chi connectivity index (χ1n) is 16.9. The van der Waals surface area contributed by atoms with Crippen molar-refractivity contribution in [1.82, 2.24) is 14.7 Å². The number of aryl methyl sites for hydroxylation is 2. The molecule has 0 bridgehead atoms. The molecule has 4 aliphatic rings. The van der Waals surface area contributed by atoms with E-state index < -0.39 is 35.0 Å². The fraction of sp³-hybridized carbons (Fsp3) is 0.308. The van der Waals surface area contributed by atoms with E-state index in [1.54, 1.807) is 47.3 Å². The number of rotatable bonds is 5. The number of benzene rings is 2. The number of halogens is 1. The molecule has 2 aliphatic heterocycles. The third-order valence-corrected chi connectivity index (χ3v) is 14.1. The van der Waals surface area contributed by atoms with Crippen LogP contribution in [0.25, 0.3) is 20.7 Å². The van der Waals surface area contributed by atoms with Crippen molar-refractivity contribution in [3.8, 4) is 16.3 Å². The second-order valence-corrected chi connectivity index (χ2v) is 16.8. The Morgan fingerprint density at radius 2 is 1.82 bits per heavy atom. The maximum absolute atomic E-state index is 15.0. The van der Waals surface area contributed by atoms with Crippen molar-refractivity contribution in [3.63, 3.8) is 0 Å². The average molecular weight is 737 g/mol. The van der Waals surface area contributed by atoms with Crippen molar-refractivity contribution in [2.24, 2.45) is 36.1 Å². The first kappa shape index (κ1) is 32.3. The lowest BCUT2D eigenvalue weighted by atomic mass is 9.51. The van der Waals surface area contributed by atoms with Crippen LogP contribution in [-0.2, 0) is 32.8 Å². The van der Waals surface area contributed by atoms with E-state index in [1.807, 2.05) is 61.7 Å². The Morgan fingerprint density at radius 3 is 2.59 bits per heavy atom. The summed E-state index contributed by atoms with van der Waals surface area (Å²) < 4.78 is 2.64. The molecule has 1 N–H and O–H groups in total. The molecule has 3 fully saturated rings. The molecule has 0 unspecified atom stereocenters. The third-order valence-electron chi connectivity index (χ3n) is 11.7. The summed E-state index contributed by atoms with van der Waals surface area (Å²) in [4.78, 5) is 62.2. The van der Waals surface area contributed by atoms with Crippen LogP contribution in [0.4, 0.5) is 5.82 Å². The standard InChI is InChI=1S/C39H33ClN4O5S2/c1-19-26-15-21(40)9-12-30(26)51-34(19)29-17-31(42(3)41-29)44-36(47)28-16-27-24(33(39(28,2)38(44)49)20-6-4-7-22(45)14-20)10-11-25-32(27)37(48)43(35(25)46)18-23-8-5-13-50-23/h4-10,12-15,17,25,27-28,32-33,45H,11,16,18H2,1-3H3/t25-,27+,28-,32-,33-,39+/m0/s1. The summed E-state index contributed by atoms with van der Waals surface area (Å²) >= 11 is 9.38. The van der Waals surface area contributed by atoms with Crippen LogP contribution >= 0.6 is 34.3 Å². The number of fused-ring (bicyclic) bond motifs is 5. The Bertz CT molecular complexity index is 2360. The molecular weight excluding hydrogens is 704 g/mol. The minimum atomic E-state index is -1.23. The number of hydrogen-bond donors (Lipinski definition) is 1. The molecule has 0 spiro atoms. The fourth-order valence-electron chi connectivity index (χ4n) is 9.31. The van der Waals surface area contributed by atoms with Crippen molar-refractivity contribution in [2.75, 3.05) is 4.90 Å². The van der Waals surface area contributed by atoms with Crippen LogP contribution in [-0.4, -0.2) is 43.4 Å². The average Bonchev–Trinajstić information content (AvgIpc) is 3.91. The molecule has 1 saturated carbocycles. The SMILES string of the molecule is Cc1c(-c2cc(N3C(=O)[C@@H]4C[C@@H]5C(=CC[C@@H]6C(=O)N(Cc7cccs7)C(=O)[C@@H]65)[C@H](c5cccc(O)c5)[C@]4(C)C3=O)n(C)n2)sc2ccc(Cl)cc12. The normalized spacial score (nSPS) is 27.3. The van der Waals surface area contributed by atoms with Gasteiger partial charge in [-0.05, 0) is 90.9 Å². The number of carbonyl (C=O) groups excluding carboxylic acids is 4. The van der Waals surface area contributed by atoms with Crippen LogP contribution in [0, 0.1) is 36.0 Å². The number of imide groups is 2. The lowest BCUT2D eigenvalue weighted by molar-refractivity contribution is -0.141. The van der Waals surface area contributed by atoms with Gasteiger partial charge in [-0.15, -0.1) is 22.7 Å². The molecule has 2 saturated heterocycles.